The van der Waals surface area contributed by atoms with Gasteiger partial charge in [-0.2, -0.15) is 0 Å². The van der Waals surface area contributed by atoms with E-state index in [0.29, 0.717) is 6.42 Å². The predicted octanol–water partition coefficient (Wildman–Crippen LogP) is 2.35. The molecule has 2 N–H and O–H groups in total. The first-order valence-electron chi connectivity index (χ1n) is 5.21. The Morgan fingerprint density at radius 1 is 1.36 bits per heavy atom. The van der Waals surface area contributed by atoms with Crippen LogP contribution in [0.2, 0.25) is 0 Å². The molecule has 0 aliphatic rings. The molecule has 82 valence electrons. The van der Waals surface area contributed by atoms with Crippen LogP contribution in [0.4, 0.5) is 0 Å². The molecule has 0 spiro atoms. The number of hydrogen-bond donors (Lipinski definition) is 2. The lowest BCUT2D eigenvalue weighted by Crippen LogP contribution is -2.12. The van der Waals surface area contributed by atoms with Gasteiger partial charge in [0.1, 0.15) is 0 Å². The summed E-state index contributed by atoms with van der Waals surface area (Å²) in [5.41, 5.74) is 0. The topological polar surface area (TPSA) is 57.5 Å². The average Bonchev–Trinajstić information content (AvgIpc) is 2.10. The third kappa shape index (κ3) is 9.26. The number of aliphatic hydroxyl groups is 1. The molecule has 0 heterocycles. The van der Waals surface area contributed by atoms with Crippen LogP contribution in [0.25, 0.3) is 0 Å². The van der Waals surface area contributed by atoms with Crippen LogP contribution in [0.5, 0.6) is 0 Å². The Labute approximate surface area is 85.4 Å². The van der Waals surface area contributed by atoms with Crippen LogP contribution >= 0.6 is 0 Å². The molecule has 0 aliphatic heterocycles. The third-order valence-electron chi connectivity index (χ3n) is 1.97. The van der Waals surface area contributed by atoms with E-state index in [1.807, 2.05) is 0 Å². The second-order valence-electron chi connectivity index (χ2n) is 3.42. The van der Waals surface area contributed by atoms with Crippen LogP contribution in [0.1, 0.15) is 45.4 Å². The maximum Gasteiger partial charge on any atom is 0.305 e. The van der Waals surface area contributed by atoms with Crippen molar-refractivity contribution in [2.45, 2.75) is 51.6 Å². The lowest BCUT2D eigenvalue weighted by Gasteiger charge is -2.05. The van der Waals surface area contributed by atoms with E-state index >= 15 is 0 Å². The van der Waals surface area contributed by atoms with Gasteiger partial charge in [0, 0.05) is 0 Å². The monoisotopic (exact) mass is 200 g/mol. The summed E-state index contributed by atoms with van der Waals surface area (Å²) >= 11 is 0. The maximum absolute atomic E-state index is 10.2. The zero-order valence-corrected chi connectivity index (χ0v) is 8.78. The van der Waals surface area contributed by atoms with Gasteiger partial charge in [-0.1, -0.05) is 25.5 Å². The molecule has 0 aromatic heterocycles. The van der Waals surface area contributed by atoms with Crippen molar-refractivity contribution in [3.8, 4) is 0 Å². The van der Waals surface area contributed by atoms with E-state index in [4.69, 9.17) is 5.11 Å². The molecule has 3 nitrogen and oxygen atoms in total. The standard InChI is InChI=1S/C11H20O3/c1-2-3-4-5-6-7-8-10(12)9-11(13)14/h3-4,10,12H,2,5-9H2,1H3,(H,13,14). The lowest BCUT2D eigenvalue weighted by atomic mass is 10.1. The van der Waals surface area contributed by atoms with Gasteiger partial charge in [0.05, 0.1) is 12.5 Å². The minimum absolute atomic E-state index is 0.134. The number of hydrogen-bond acceptors (Lipinski definition) is 2. The van der Waals surface area contributed by atoms with Crippen molar-refractivity contribution in [3.05, 3.63) is 12.2 Å². The fraction of sp³-hybridized carbons (Fsp3) is 0.727. The third-order valence-corrected chi connectivity index (χ3v) is 1.97. The van der Waals surface area contributed by atoms with Gasteiger partial charge in [0.2, 0.25) is 0 Å². The van der Waals surface area contributed by atoms with E-state index in [0.717, 1.165) is 25.7 Å². The van der Waals surface area contributed by atoms with Crippen molar-refractivity contribution < 1.29 is 15.0 Å². The van der Waals surface area contributed by atoms with Crippen molar-refractivity contribution in [1.82, 2.24) is 0 Å². The molecule has 0 aromatic carbocycles. The Morgan fingerprint density at radius 2 is 2.07 bits per heavy atom. The van der Waals surface area contributed by atoms with E-state index in [2.05, 4.69) is 19.1 Å². The van der Waals surface area contributed by atoms with Crippen LogP contribution < -0.4 is 0 Å². The van der Waals surface area contributed by atoms with E-state index in [9.17, 15) is 9.90 Å². The molecule has 0 saturated heterocycles. The Bertz CT molecular complexity index is 175. The van der Waals surface area contributed by atoms with E-state index in [-0.39, 0.29) is 6.42 Å². The number of rotatable bonds is 8. The van der Waals surface area contributed by atoms with Gasteiger partial charge in [0.15, 0.2) is 0 Å². The highest BCUT2D eigenvalue weighted by Gasteiger charge is 2.07. The number of carboxylic acid groups (broad SMARTS) is 1. The van der Waals surface area contributed by atoms with E-state index in [1.54, 1.807) is 0 Å². The zero-order valence-electron chi connectivity index (χ0n) is 8.78. The van der Waals surface area contributed by atoms with Crippen molar-refractivity contribution in [1.29, 1.82) is 0 Å². The Kier molecular flexibility index (Phi) is 8.24. The van der Waals surface area contributed by atoms with Crippen LogP contribution in [0, 0.1) is 0 Å². The van der Waals surface area contributed by atoms with E-state index < -0.39 is 12.1 Å². The summed E-state index contributed by atoms with van der Waals surface area (Å²) in [6, 6.07) is 0. The first kappa shape index (κ1) is 13.2. The molecule has 0 aliphatic carbocycles. The Morgan fingerprint density at radius 3 is 2.64 bits per heavy atom. The second kappa shape index (κ2) is 8.75. The molecule has 0 fully saturated rings. The highest BCUT2D eigenvalue weighted by atomic mass is 16.4. The van der Waals surface area contributed by atoms with Gasteiger partial charge >= 0.3 is 5.97 Å². The molecular formula is C11H20O3. The Hall–Kier alpha value is -0.830. The number of unbranched alkanes of at least 4 members (excludes halogenated alkanes) is 2. The molecule has 1 unspecified atom stereocenters. The maximum atomic E-state index is 10.2. The summed E-state index contributed by atoms with van der Waals surface area (Å²) in [4.78, 5) is 10.2. The first-order valence-corrected chi connectivity index (χ1v) is 5.21. The minimum Gasteiger partial charge on any atom is -0.481 e. The van der Waals surface area contributed by atoms with Gasteiger partial charge in [-0.05, 0) is 25.7 Å². The highest BCUT2D eigenvalue weighted by molar-refractivity contribution is 5.67. The van der Waals surface area contributed by atoms with Gasteiger partial charge < -0.3 is 10.2 Å². The Balaban J connectivity index is 3.27. The van der Waals surface area contributed by atoms with E-state index in [1.165, 1.54) is 0 Å². The van der Waals surface area contributed by atoms with Gasteiger partial charge in [-0.15, -0.1) is 0 Å². The number of aliphatic hydroxyl groups excluding tert-OH is 1. The van der Waals surface area contributed by atoms with Crippen LogP contribution in [0.15, 0.2) is 12.2 Å². The highest BCUT2D eigenvalue weighted by Crippen LogP contribution is 2.07. The second-order valence-corrected chi connectivity index (χ2v) is 3.42. The smallest absolute Gasteiger partial charge is 0.305 e. The molecule has 0 aromatic rings. The summed E-state index contributed by atoms with van der Waals surface area (Å²) in [5, 5.41) is 17.6. The summed E-state index contributed by atoms with van der Waals surface area (Å²) in [6.07, 6.45) is 8.02. The van der Waals surface area contributed by atoms with Gasteiger partial charge in [0.25, 0.3) is 0 Å². The quantitative estimate of drug-likeness (QED) is 0.467. The SMILES string of the molecule is CCC=CCCCCC(O)CC(=O)O. The fourth-order valence-corrected chi connectivity index (χ4v) is 1.23. The van der Waals surface area contributed by atoms with Crippen molar-refractivity contribution in [2.75, 3.05) is 0 Å². The molecule has 1 atom stereocenters. The van der Waals surface area contributed by atoms with Crippen molar-refractivity contribution in [3.63, 3.8) is 0 Å². The summed E-state index contributed by atoms with van der Waals surface area (Å²) < 4.78 is 0. The molecule has 0 radical (unpaired) electrons. The predicted molar refractivity (Wildman–Crippen MR) is 56.2 cm³/mol. The molecular weight excluding hydrogens is 180 g/mol. The first-order chi connectivity index (χ1) is 6.66. The summed E-state index contributed by atoms with van der Waals surface area (Å²) in [7, 11) is 0. The fourth-order valence-electron chi connectivity index (χ4n) is 1.23. The largest absolute Gasteiger partial charge is 0.481 e. The van der Waals surface area contributed by atoms with Crippen molar-refractivity contribution in [2.24, 2.45) is 0 Å². The number of carboxylic acids is 1. The number of aliphatic carboxylic acids is 1. The molecule has 0 amide bonds. The normalized spacial score (nSPS) is 13.3. The summed E-state index contributed by atoms with van der Waals surface area (Å²) in [6.45, 7) is 2.09. The molecule has 0 saturated carbocycles. The van der Waals surface area contributed by atoms with Crippen molar-refractivity contribution >= 4 is 5.97 Å². The van der Waals surface area contributed by atoms with Crippen LogP contribution in [-0.4, -0.2) is 22.3 Å². The molecule has 14 heavy (non-hydrogen) atoms. The number of allylic oxidation sites excluding steroid dienone is 2. The van der Waals surface area contributed by atoms with Gasteiger partial charge in [-0.25, -0.2) is 0 Å². The van der Waals surface area contributed by atoms with Crippen LogP contribution in [0.3, 0.4) is 0 Å². The summed E-state index contributed by atoms with van der Waals surface area (Å²) in [5.74, 6) is -0.927. The minimum atomic E-state index is -0.927. The number of carbonyl (C=O) groups is 1. The molecule has 0 rings (SSSR count). The van der Waals surface area contributed by atoms with Crippen LogP contribution in [-0.2, 0) is 4.79 Å². The lowest BCUT2D eigenvalue weighted by molar-refractivity contribution is -0.139. The average molecular weight is 200 g/mol. The molecule has 0 bridgehead atoms. The zero-order chi connectivity index (χ0) is 10.8. The molecule has 3 heteroatoms. The van der Waals surface area contributed by atoms with Gasteiger partial charge in [-0.3, -0.25) is 4.79 Å².